The molecule has 3 aromatic heterocycles. The molecular weight excluding hydrogens is 419 g/mol. The van der Waals surface area contributed by atoms with Crippen molar-refractivity contribution in [1.29, 1.82) is 0 Å². The predicted octanol–water partition coefficient (Wildman–Crippen LogP) is 4.28. The number of thiophene rings is 1. The third-order valence-corrected chi connectivity index (χ3v) is 5.54. The van der Waals surface area contributed by atoms with Crippen LogP contribution in [0.25, 0.3) is 16.2 Å². The standard InChI is InChI=1S/C19H14F3N5O2S/c20-19(21,22)15-8-12-16(25-18(26-17(12)30-15)27-4-3-23-10-27)24-9-11-1-2-13-14(7-11)29-6-5-28-13/h1-4,7-8,10H,5-6,9H2,(H,24,25,26). The molecule has 11 heteroatoms. The number of benzene rings is 1. The van der Waals surface area contributed by atoms with E-state index in [4.69, 9.17) is 9.47 Å². The van der Waals surface area contributed by atoms with Crippen molar-refractivity contribution in [3.63, 3.8) is 0 Å². The summed E-state index contributed by atoms with van der Waals surface area (Å²) in [5, 5.41) is 3.45. The second-order valence-corrected chi connectivity index (χ2v) is 7.53. The first-order chi connectivity index (χ1) is 14.5. The van der Waals surface area contributed by atoms with Gasteiger partial charge in [0.15, 0.2) is 11.5 Å². The number of hydrogen-bond acceptors (Lipinski definition) is 7. The lowest BCUT2D eigenvalue weighted by atomic mass is 10.2. The Morgan fingerprint density at radius 2 is 1.93 bits per heavy atom. The third-order valence-electron chi connectivity index (χ3n) is 4.46. The molecule has 0 atom stereocenters. The fraction of sp³-hybridized carbons (Fsp3) is 0.211. The van der Waals surface area contributed by atoms with Crippen molar-refractivity contribution in [1.82, 2.24) is 19.5 Å². The first-order valence-electron chi connectivity index (χ1n) is 8.97. The van der Waals surface area contributed by atoms with Gasteiger partial charge in [-0.3, -0.25) is 4.57 Å². The van der Waals surface area contributed by atoms with Gasteiger partial charge >= 0.3 is 6.18 Å². The molecule has 1 N–H and O–H groups in total. The smallest absolute Gasteiger partial charge is 0.425 e. The molecule has 0 spiro atoms. The van der Waals surface area contributed by atoms with Gasteiger partial charge in [-0.2, -0.15) is 18.2 Å². The number of hydrogen-bond donors (Lipinski definition) is 1. The van der Waals surface area contributed by atoms with Crippen LogP contribution in [0.2, 0.25) is 0 Å². The minimum atomic E-state index is -4.45. The van der Waals surface area contributed by atoms with E-state index in [0.29, 0.717) is 53.8 Å². The van der Waals surface area contributed by atoms with E-state index in [1.165, 1.54) is 6.33 Å². The molecule has 7 nitrogen and oxygen atoms in total. The van der Waals surface area contributed by atoms with Gasteiger partial charge in [-0.15, -0.1) is 11.3 Å². The molecule has 0 amide bonds. The van der Waals surface area contributed by atoms with Crippen molar-refractivity contribution in [2.45, 2.75) is 12.7 Å². The van der Waals surface area contributed by atoms with Gasteiger partial charge in [-0.05, 0) is 23.8 Å². The molecule has 1 aliphatic heterocycles. The van der Waals surface area contributed by atoms with Crippen LogP contribution < -0.4 is 14.8 Å². The van der Waals surface area contributed by atoms with E-state index in [0.717, 1.165) is 11.6 Å². The van der Waals surface area contributed by atoms with Gasteiger partial charge in [0.1, 0.15) is 35.1 Å². The zero-order valence-corrected chi connectivity index (χ0v) is 16.1. The van der Waals surface area contributed by atoms with Gasteiger partial charge in [0.05, 0.1) is 5.39 Å². The summed E-state index contributed by atoms with van der Waals surface area (Å²) < 4.78 is 52.4. The molecule has 0 bridgehead atoms. The van der Waals surface area contributed by atoms with E-state index in [9.17, 15) is 13.2 Å². The van der Waals surface area contributed by atoms with Gasteiger partial charge in [-0.25, -0.2) is 9.97 Å². The maximum Gasteiger partial charge on any atom is 0.425 e. The number of nitrogens with one attached hydrogen (secondary N) is 1. The molecule has 0 radical (unpaired) electrons. The summed E-state index contributed by atoms with van der Waals surface area (Å²) in [6.07, 6.45) is 0.215. The highest BCUT2D eigenvalue weighted by molar-refractivity contribution is 7.18. The zero-order valence-electron chi connectivity index (χ0n) is 15.3. The number of imidazole rings is 1. The van der Waals surface area contributed by atoms with Crippen LogP contribution in [0.5, 0.6) is 11.5 Å². The maximum absolute atomic E-state index is 13.2. The normalized spacial score (nSPS) is 13.6. The molecule has 1 aromatic carbocycles. The van der Waals surface area contributed by atoms with Crippen molar-refractivity contribution in [3.8, 4) is 17.4 Å². The van der Waals surface area contributed by atoms with Crippen molar-refractivity contribution >= 4 is 27.4 Å². The average Bonchev–Trinajstić information content (AvgIpc) is 3.41. The molecule has 0 unspecified atom stereocenters. The summed E-state index contributed by atoms with van der Waals surface area (Å²) >= 11 is 0.584. The highest BCUT2D eigenvalue weighted by atomic mass is 32.1. The highest BCUT2D eigenvalue weighted by Gasteiger charge is 2.33. The summed E-state index contributed by atoms with van der Waals surface area (Å²) in [6.45, 7) is 1.31. The van der Waals surface area contributed by atoms with E-state index in [1.807, 2.05) is 18.2 Å². The molecular formula is C19H14F3N5O2S. The molecule has 4 aromatic rings. The summed E-state index contributed by atoms with van der Waals surface area (Å²) in [7, 11) is 0. The van der Waals surface area contributed by atoms with Gasteiger partial charge in [0, 0.05) is 18.9 Å². The monoisotopic (exact) mass is 433 g/mol. The van der Waals surface area contributed by atoms with Gasteiger partial charge in [0.2, 0.25) is 5.95 Å². The van der Waals surface area contributed by atoms with E-state index < -0.39 is 11.1 Å². The molecule has 1 aliphatic rings. The van der Waals surface area contributed by atoms with E-state index in [2.05, 4.69) is 20.3 Å². The van der Waals surface area contributed by atoms with Crippen LogP contribution >= 0.6 is 11.3 Å². The highest BCUT2D eigenvalue weighted by Crippen LogP contribution is 2.39. The second kappa shape index (κ2) is 7.17. The summed E-state index contributed by atoms with van der Waals surface area (Å²) in [6, 6.07) is 6.59. The van der Waals surface area contributed by atoms with Gasteiger partial charge < -0.3 is 14.8 Å². The minimum absolute atomic E-state index is 0.236. The maximum atomic E-state index is 13.2. The molecule has 5 rings (SSSR count). The molecule has 30 heavy (non-hydrogen) atoms. The summed E-state index contributed by atoms with van der Waals surface area (Å²) in [5.74, 6) is 1.86. The largest absolute Gasteiger partial charge is 0.486 e. The SMILES string of the molecule is FC(F)(F)c1cc2c(NCc3ccc4c(c3)OCCO4)nc(-n3ccnc3)nc2s1. The summed E-state index contributed by atoms with van der Waals surface area (Å²) in [4.78, 5) is 12.2. The topological polar surface area (TPSA) is 74.1 Å². The van der Waals surface area contributed by atoms with Crippen LogP contribution in [0, 0.1) is 0 Å². The van der Waals surface area contributed by atoms with Crippen LogP contribution in [0.4, 0.5) is 19.0 Å². The number of aromatic nitrogens is 4. The average molecular weight is 433 g/mol. The van der Waals surface area contributed by atoms with Crippen molar-refractivity contribution < 1.29 is 22.6 Å². The molecule has 4 heterocycles. The van der Waals surface area contributed by atoms with Gasteiger partial charge in [0.25, 0.3) is 0 Å². The van der Waals surface area contributed by atoms with Crippen molar-refractivity contribution in [2.75, 3.05) is 18.5 Å². The molecule has 0 aliphatic carbocycles. The lowest BCUT2D eigenvalue weighted by Crippen LogP contribution is -2.15. The fourth-order valence-corrected chi connectivity index (χ4v) is 3.95. The molecule has 0 saturated carbocycles. The number of ether oxygens (including phenoxy) is 2. The quantitative estimate of drug-likeness (QED) is 0.518. The zero-order chi connectivity index (χ0) is 20.7. The Morgan fingerprint density at radius 3 is 2.70 bits per heavy atom. The number of anilines is 1. The Kier molecular flexibility index (Phi) is 4.46. The number of fused-ring (bicyclic) bond motifs is 2. The lowest BCUT2D eigenvalue weighted by molar-refractivity contribution is -0.134. The van der Waals surface area contributed by atoms with Crippen LogP contribution in [-0.2, 0) is 12.7 Å². The van der Waals surface area contributed by atoms with Crippen LogP contribution in [0.3, 0.4) is 0 Å². The summed E-state index contributed by atoms with van der Waals surface area (Å²) in [5.41, 5.74) is 0.876. The molecule has 154 valence electrons. The Bertz CT molecular complexity index is 1210. The number of nitrogens with zero attached hydrogens (tertiary/aromatic N) is 4. The van der Waals surface area contributed by atoms with E-state index in [-0.39, 0.29) is 10.8 Å². The first kappa shape index (κ1) is 18.7. The van der Waals surface area contributed by atoms with E-state index in [1.54, 1.807) is 17.0 Å². The van der Waals surface area contributed by atoms with Crippen molar-refractivity contribution in [3.05, 3.63) is 53.4 Å². The Morgan fingerprint density at radius 1 is 1.10 bits per heavy atom. The number of halogens is 3. The fourth-order valence-electron chi connectivity index (χ4n) is 3.06. The van der Waals surface area contributed by atoms with Crippen LogP contribution in [0.15, 0.2) is 43.0 Å². The minimum Gasteiger partial charge on any atom is -0.486 e. The molecule has 0 fully saturated rings. The predicted molar refractivity (Wildman–Crippen MR) is 104 cm³/mol. The van der Waals surface area contributed by atoms with Gasteiger partial charge in [-0.1, -0.05) is 6.07 Å². The number of alkyl halides is 3. The van der Waals surface area contributed by atoms with E-state index >= 15 is 0 Å². The van der Waals surface area contributed by atoms with Crippen LogP contribution in [-0.4, -0.2) is 32.7 Å². The Hall–Kier alpha value is -3.34. The second-order valence-electron chi connectivity index (χ2n) is 6.50. The number of rotatable bonds is 4. The lowest BCUT2D eigenvalue weighted by Gasteiger charge is -2.19. The third kappa shape index (κ3) is 3.52. The Balaban J connectivity index is 1.51. The molecule has 0 saturated heterocycles. The van der Waals surface area contributed by atoms with Crippen molar-refractivity contribution in [2.24, 2.45) is 0 Å². The van der Waals surface area contributed by atoms with Crippen LogP contribution in [0.1, 0.15) is 10.4 Å². The first-order valence-corrected chi connectivity index (χ1v) is 9.78. The Labute approximate surface area is 172 Å².